The predicted octanol–water partition coefficient (Wildman–Crippen LogP) is 7.28. The van der Waals surface area contributed by atoms with E-state index in [1.807, 2.05) is 34.4 Å². The molecule has 0 aliphatic heterocycles. The third-order valence-electron chi connectivity index (χ3n) is 4.34. The van der Waals surface area contributed by atoms with Gasteiger partial charge in [-0.15, -0.1) is 34.4 Å². The SMILES string of the molecule is C/C=C(\SC)c1ccc(-c2ccc(C(C)(CC)CC)s2)s1. The lowest BCUT2D eigenvalue weighted by Gasteiger charge is -2.24. The zero-order valence-corrected chi connectivity index (χ0v) is 16.0. The number of hydrogen-bond donors (Lipinski definition) is 0. The van der Waals surface area contributed by atoms with Crippen molar-refractivity contribution in [2.75, 3.05) is 6.26 Å². The maximum absolute atomic E-state index is 2.38. The molecule has 0 bridgehead atoms. The molecule has 3 heteroatoms. The molecular formula is C18H24S3. The molecule has 2 aromatic rings. The van der Waals surface area contributed by atoms with Crippen LogP contribution in [0.3, 0.4) is 0 Å². The van der Waals surface area contributed by atoms with E-state index >= 15 is 0 Å². The second kappa shape index (κ2) is 7.17. The molecule has 0 aliphatic rings. The third kappa shape index (κ3) is 3.46. The van der Waals surface area contributed by atoms with Gasteiger partial charge in [0, 0.05) is 29.8 Å². The van der Waals surface area contributed by atoms with Crippen LogP contribution in [-0.2, 0) is 5.41 Å². The standard InChI is InChI=1S/C18H24S3/c1-6-13(19-5)14-9-10-15(20-14)16-11-12-17(21-16)18(4,7-2)8-3/h6,9-12H,7-8H2,1-5H3/b13-6-. The van der Waals surface area contributed by atoms with E-state index in [0.717, 1.165) is 0 Å². The van der Waals surface area contributed by atoms with Crippen LogP contribution in [0.4, 0.5) is 0 Å². The third-order valence-corrected chi connectivity index (χ3v) is 8.07. The fourth-order valence-corrected chi connectivity index (χ4v) is 5.60. The summed E-state index contributed by atoms with van der Waals surface area (Å²) in [4.78, 5) is 7.07. The van der Waals surface area contributed by atoms with E-state index in [0.29, 0.717) is 5.41 Å². The highest BCUT2D eigenvalue weighted by atomic mass is 32.2. The Hall–Kier alpha value is -0.510. The second-order valence-corrected chi connectivity index (χ2v) is 8.47. The highest BCUT2D eigenvalue weighted by Gasteiger charge is 2.24. The van der Waals surface area contributed by atoms with E-state index in [-0.39, 0.29) is 0 Å². The molecule has 2 rings (SSSR count). The van der Waals surface area contributed by atoms with E-state index < -0.39 is 0 Å². The largest absolute Gasteiger partial charge is 0.139 e. The first-order valence-electron chi connectivity index (χ1n) is 7.49. The summed E-state index contributed by atoms with van der Waals surface area (Å²) in [5, 5.41) is 0. The molecule has 0 fully saturated rings. The molecule has 0 amide bonds. The summed E-state index contributed by atoms with van der Waals surface area (Å²) in [6, 6.07) is 9.15. The van der Waals surface area contributed by atoms with Gasteiger partial charge in [-0.1, -0.05) is 26.8 Å². The molecule has 0 aliphatic carbocycles. The lowest BCUT2D eigenvalue weighted by atomic mass is 9.83. The molecule has 0 nitrogen and oxygen atoms in total. The molecule has 0 spiro atoms. The van der Waals surface area contributed by atoms with Gasteiger partial charge in [-0.25, -0.2) is 0 Å². The Balaban J connectivity index is 2.30. The molecule has 0 radical (unpaired) electrons. The summed E-state index contributed by atoms with van der Waals surface area (Å²) in [7, 11) is 0. The average molecular weight is 337 g/mol. The van der Waals surface area contributed by atoms with Crippen molar-refractivity contribution in [3.63, 3.8) is 0 Å². The summed E-state index contributed by atoms with van der Waals surface area (Å²) >= 11 is 5.69. The number of thioether (sulfide) groups is 1. The van der Waals surface area contributed by atoms with Crippen LogP contribution in [0.2, 0.25) is 0 Å². The Morgan fingerprint density at radius 1 is 1.10 bits per heavy atom. The second-order valence-electron chi connectivity index (χ2n) is 5.45. The normalized spacial score (nSPS) is 12.9. The van der Waals surface area contributed by atoms with Crippen molar-refractivity contribution in [2.24, 2.45) is 0 Å². The van der Waals surface area contributed by atoms with Gasteiger partial charge in [0.15, 0.2) is 0 Å². The van der Waals surface area contributed by atoms with Crippen molar-refractivity contribution in [2.45, 2.75) is 46.0 Å². The van der Waals surface area contributed by atoms with Crippen LogP contribution in [0.1, 0.15) is 50.3 Å². The van der Waals surface area contributed by atoms with E-state index in [2.05, 4.69) is 64.3 Å². The molecule has 114 valence electrons. The molecule has 0 saturated heterocycles. The van der Waals surface area contributed by atoms with Crippen molar-refractivity contribution in [1.82, 2.24) is 0 Å². The predicted molar refractivity (Wildman–Crippen MR) is 103 cm³/mol. The molecule has 0 atom stereocenters. The maximum atomic E-state index is 2.38. The van der Waals surface area contributed by atoms with E-state index in [4.69, 9.17) is 0 Å². The van der Waals surface area contributed by atoms with Gasteiger partial charge in [-0.2, -0.15) is 0 Å². The van der Waals surface area contributed by atoms with E-state index in [1.165, 1.54) is 37.3 Å². The molecule has 0 saturated carbocycles. The minimum atomic E-state index is 0.330. The Bertz CT molecular complexity index is 612. The molecule has 0 unspecified atom stereocenters. The number of thiophene rings is 2. The van der Waals surface area contributed by atoms with Gasteiger partial charge in [0.25, 0.3) is 0 Å². The van der Waals surface area contributed by atoms with Gasteiger partial charge < -0.3 is 0 Å². The quantitative estimate of drug-likeness (QED) is 0.534. The molecule has 2 heterocycles. The smallest absolute Gasteiger partial charge is 0.0449 e. The Morgan fingerprint density at radius 2 is 1.71 bits per heavy atom. The zero-order chi connectivity index (χ0) is 15.5. The average Bonchev–Trinajstić information content (AvgIpc) is 3.17. The number of rotatable bonds is 6. The van der Waals surface area contributed by atoms with Crippen LogP contribution in [0.5, 0.6) is 0 Å². The minimum absolute atomic E-state index is 0.330. The zero-order valence-electron chi connectivity index (χ0n) is 13.5. The molecule has 0 aromatic carbocycles. The first-order chi connectivity index (χ1) is 10.1. The summed E-state index contributed by atoms with van der Waals surface area (Å²) in [6.07, 6.45) is 6.75. The van der Waals surface area contributed by atoms with Gasteiger partial charge in [0.1, 0.15) is 0 Å². The highest BCUT2D eigenvalue weighted by molar-refractivity contribution is 8.07. The van der Waals surface area contributed by atoms with Crippen LogP contribution in [0.15, 0.2) is 30.3 Å². The van der Waals surface area contributed by atoms with Crippen molar-refractivity contribution >= 4 is 39.3 Å². The van der Waals surface area contributed by atoms with Crippen molar-refractivity contribution in [3.05, 3.63) is 40.1 Å². The summed E-state index contributed by atoms with van der Waals surface area (Å²) in [6.45, 7) is 9.09. The first-order valence-corrected chi connectivity index (χ1v) is 10.3. The topological polar surface area (TPSA) is 0 Å². The lowest BCUT2D eigenvalue weighted by Crippen LogP contribution is -2.17. The number of hydrogen-bond acceptors (Lipinski definition) is 3. The maximum Gasteiger partial charge on any atom is 0.0449 e. The van der Waals surface area contributed by atoms with Gasteiger partial charge >= 0.3 is 0 Å². The Kier molecular flexibility index (Phi) is 5.75. The lowest BCUT2D eigenvalue weighted by molar-refractivity contribution is 0.448. The van der Waals surface area contributed by atoms with Crippen molar-refractivity contribution in [3.8, 4) is 9.75 Å². The van der Waals surface area contributed by atoms with Gasteiger partial charge in [-0.05, 0) is 50.3 Å². The van der Waals surface area contributed by atoms with Crippen molar-refractivity contribution < 1.29 is 0 Å². The first kappa shape index (κ1) is 16.9. The van der Waals surface area contributed by atoms with Crippen LogP contribution in [-0.4, -0.2) is 6.26 Å². The molecular weight excluding hydrogens is 312 g/mol. The molecule has 0 N–H and O–H groups in total. The van der Waals surface area contributed by atoms with Crippen molar-refractivity contribution in [1.29, 1.82) is 0 Å². The van der Waals surface area contributed by atoms with E-state index in [1.54, 1.807) is 0 Å². The molecule has 21 heavy (non-hydrogen) atoms. The minimum Gasteiger partial charge on any atom is -0.139 e. The van der Waals surface area contributed by atoms with Crippen LogP contribution >= 0.6 is 34.4 Å². The van der Waals surface area contributed by atoms with Gasteiger partial charge in [0.2, 0.25) is 0 Å². The van der Waals surface area contributed by atoms with Crippen LogP contribution in [0, 0.1) is 0 Å². The van der Waals surface area contributed by atoms with E-state index in [9.17, 15) is 0 Å². The fraction of sp³-hybridized carbons (Fsp3) is 0.444. The summed E-state index contributed by atoms with van der Waals surface area (Å²) in [5.41, 5.74) is 0.330. The Labute approximate surface area is 141 Å². The fourth-order valence-electron chi connectivity index (χ4n) is 2.36. The molecule has 2 aromatic heterocycles. The Morgan fingerprint density at radius 3 is 2.29 bits per heavy atom. The number of allylic oxidation sites excluding steroid dienone is 1. The monoisotopic (exact) mass is 336 g/mol. The summed E-state index contributed by atoms with van der Waals surface area (Å²) in [5.74, 6) is 0. The van der Waals surface area contributed by atoms with Crippen LogP contribution in [0.25, 0.3) is 14.7 Å². The van der Waals surface area contributed by atoms with Gasteiger partial charge in [0.05, 0.1) is 0 Å². The highest BCUT2D eigenvalue weighted by Crippen LogP contribution is 2.42. The summed E-state index contributed by atoms with van der Waals surface area (Å²) < 4.78 is 0. The van der Waals surface area contributed by atoms with Crippen LogP contribution < -0.4 is 0 Å². The van der Waals surface area contributed by atoms with Gasteiger partial charge in [-0.3, -0.25) is 0 Å².